The molecule has 1 unspecified atom stereocenters. The number of unbranched alkanes of at least 4 members (excludes halogenated alkanes) is 23. The standard InChI is InChI=1S/C74H120O6/c1-4-7-10-13-16-19-22-25-28-30-31-32-33-34-35-36-37-38-39-40-41-42-43-45-46-49-52-55-58-61-64-67-73(76)79-70-71(69-78-72(75)66-63-60-57-54-51-48-27-24-21-18-15-12-9-6-3)80-74(77)68-65-62-59-56-53-50-47-44-29-26-23-20-17-14-11-8-5-2/h7-8,10-11,15-20,24-29,31-32,34-35,37-38,47,50,71H,4-6,9,12-14,21-23,30,33,36,39-46,48-49,51-70H2,1-3H3/b10-7-,11-8-,18-15-,19-16-,20-17-,27-24-,28-25-,29-26-,32-31-,35-34-,38-37-,50-47-. The predicted octanol–water partition coefficient (Wildman–Crippen LogP) is 22.7. The molecule has 0 aliphatic rings. The Morgan fingerprint density at radius 1 is 0.263 bits per heavy atom. The summed E-state index contributed by atoms with van der Waals surface area (Å²) in [5, 5.41) is 0. The van der Waals surface area contributed by atoms with Gasteiger partial charge in [-0.2, -0.15) is 0 Å². The van der Waals surface area contributed by atoms with Gasteiger partial charge in [0.1, 0.15) is 13.2 Å². The van der Waals surface area contributed by atoms with Gasteiger partial charge in [-0.05, 0) is 135 Å². The highest BCUT2D eigenvalue weighted by atomic mass is 16.6. The first-order valence-corrected chi connectivity index (χ1v) is 32.8. The number of allylic oxidation sites excluding steroid dienone is 24. The molecule has 0 spiro atoms. The lowest BCUT2D eigenvalue weighted by Gasteiger charge is -2.18. The predicted molar refractivity (Wildman–Crippen MR) is 348 cm³/mol. The van der Waals surface area contributed by atoms with Crippen molar-refractivity contribution in [2.75, 3.05) is 13.2 Å². The van der Waals surface area contributed by atoms with Gasteiger partial charge in [0.05, 0.1) is 0 Å². The zero-order valence-corrected chi connectivity index (χ0v) is 51.8. The molecule has 0 bridgehead atoms. The second kappa shape index (κ2) is 66.8. The van der Waals surface area contributed by atoms with Gasteiger partial charge in [-0.25, -0.2) is 0 Å². The van der Waals surface area contributed by atoms with Crippen molar-refractivity contribution in [3.8, 4) is 0 Å². The highest BCUT2D eigenvalue weighted by molar-refractivity contribution is 5.71. The highest BCUT2D eigenvalue weighted by Crippen LogP contribution is 2.15. The van der Waals surface area contributed by atoms with E-state index in [4.69, 9.17) is 14.2 Å². The molecule has 0 N–H and O–H groups in total. The zero-order chi connectivity index (χ0) is 57.8. The molecule has 1 atom stereocenters. The zero-order valence-electron chi connectivity index (χ0n) is 51.8. The first kappa shape index (κ1) is 75.3. The molecule has 0 amide bonds. The third-order valence-corrected chi connectivity index (χ3v) is 13.6. The van der Waals surface area contributed by atoms with Gasteiger partial charge in [0, 0.05) is 19.3 Å². The molecular formula is C74H120O6. The summed E-state index contributed by atoms with van der Waals surface area (Å²) >= 11 is 0. The molecule has 0 radical (unpaired) electrons. The molecule has 0 aromatic heterocycles. The lowest BCUT2D eigenvalue weighted by Crippen LogP contribution is -2.30. The fourth-order valence-electron chi connectivity index (χ4n) is 8.69. The highest BCUT2D eigenvalue weighted by Gasteiger charge is 2.19. The normalized spacial score (nSPS) is 13.1. The number of rotatable bonds is 58. The van der Waals surface area contributed by atoms with E-state index in [1.807, 2.05) is 0 Å². The number of carbonyl (C=O) groups is 3. The Hall–Kier alpha value is -4.71. The molecule has 6 heteroatoms. The van der Waals surface area contributed by atoms with Crippen LogP contribution in [0.15, 0.2) is 146 Å². The van der Waals surface area contributed by atoms with Crippen LogP contribution >= 0.6 is 0 Å². The van der Waals surface area contributed by atoms with E-state index >= 15 is 0 Å². The number of hydrogen-bond donors (Lipinski definition) is 0. The number of esters is 3. The van der Waals surface area contributed by atoms with Crippen LogP contribution in [0.1, 0.15) is 284 Å². The van der Waals surface area contributed by atoms with E-state index in [0.717, 1.165) is 161 Å². The van der Waals surface area contributed by atoms with E-state index in [-0.39, 0.29) is 31.1 Å². The topological polar surface area (TPSA) is 78.9 Å². The quantitative estimate of drug-likeness (QED) is 0.0261. The van der Waals surface area contributed by atoms with Crippen LogP contribution < -0.4 is 0 Å². The average Bonchev–Trinajstić information content (AvgIpc) is 3.46. The van der Waals surface area contributed by atoms with Gasteiger partial charge < -0.3 is 14.2 Å². The third kappa shape index (κ3) is 64.1. The monoisotopic (exact) mass is 1100 g/mol. The largest absolute Gasteiger partial charge is 0.462 e. The first-order valence-electron chi connectivity index (χ1n) is 32.8. The van der Waals surface area contributed by atoms with Gasteiger partial charge in [0.15, 0.2) is 6.10 Å². The third-order valence-electron chi connectivity index (χ3n) is 13.6. The summed E-state index contributed by atoms with van der Waals surface area (Å²) in [6.07, 6.45) is 95.7. The van der Waals surface area contributed by atoms with Crippen molar-refractivity contribution in [2.45, 2.75) is 290 Å². The molecule has 0 rings (SSSR count). The van der Waals surface area contributed by atoms with Crippen LogP contribution in [-0.4, -0.2) is 37.2 Å². The molecule has 0 aromatic carbocycles. The van der Waals surface area contributed by atoms with Gasteiger partial charge in [-0.1, -0.05) is 276 Å². The Bertz CT molecular complexity index is 1750. The van der Waals surface area contributed by atoms with E-state index in [9.17, 15) is 14.4 Å². The smallest absolute Gasteiger partial charge is 0.306 e. The second-order valence-electron chi connectivity index (χ2n) is 21.3. The molecule has 6 nitrogen and oxygen atoms in total. The number of ether oxygens (including phenoxy) is 3. The maximum absolute atomic E-state index is 12.9. The fraction of sp³-hybridized carbons (Fsp3) is 0.635. The fourth-order valence-corrected chi connectivity index (χ4v) is 8.69. The van der Waals surface area contributed by atoms with Crippen LogP contribution in [-0.2, 0) is 28.6 Å². The molecule has 0 heterocycles. The summed E-state index contributed by atoms with van der Waals surface area (Å²) in [7, 11) is 0. The molecule has 0 fully saturated rings. The molecule has 452 valence electrons. The van der Waals surface area contributed by atoms with E-state index < -0.39 is 6.10 Å². The summed E-state index contributed by atoms with van der Waals surface area (Å²) in [4.78, 5) is 38.3. The molecule has 0 aliphatic carbocycles. The molecule has 0 aliphatic heterocycles. The van der Waals surface area contributed by atoms with Crippen molar-refractivity contribution < 1.29 is 28.6 Å². The van der Waals surface area contributed by atoms with Crippen LogP contribution in [0.4, 0.5) is 0 Å². The molecule has 0 saturated heterocycles. The van der Waals surface area contributed by atoms with Crippen molar-refractivity contribution in [2.24, 2.45) is 0 Å². The SMILES string of the molecule is CC/C=C\C/C=C\C/C=C\C/C=C\C/C=C\C/C=C\CCCCCCCCCCCCCCC(=O)OCC(COC(=O)CCCCCCC/C=C\C/C=C\CCCC)OC(=O)CCCCCC/C=C\C/C=C\C/C=C\C/C=C\CC. The van der Waals surface area contributed by atoms with Crippen molar-refractivity contribution >= 4 is 17.9 Å². The number of carbonyl (C=O) groups excluding carboxylic acids is 3. The average molecular weight is 1110 g/mol. The summed E-state index contributed by atoms with van der Waals surface area (Å²) in [6.45, 7) is 6.34. The van der Waals surface area contributed by atoms with Crippen molar-refractivity contribution in [3.05, 3.63) is 146 Å². The number of hydrogen-bond acceptors (Lipinski definition) is 6. The molecule has 0 aromatic rings. The Morgan fingerprint density at radius 2 is 0.487 bits per heavy atom. The van der Waals surface area contributed by atoms with Gasteiger partial charge in [-0.3, -0.25) is 14.4 Å². The van der Waals surface area contributed by atoms with E-state index in [1.165, 1.54) is 83.5 Å². The minimum absolute atomic E-state index is 0.0974. The minimum Gasteiger partial charge on any atom is -0.462 e. The Morgan fingerprint density at radius 3 is 0.762 bits per heavy atom. The van der Waals surface area contributed by atoms with Gasteiger partial charge >= 0.3 is 17.9 Å². The lowest BCUT2D eigenvalue weighted by molar-refractivity contribution is -0.167. The van der Waals surface area contributed by atoms with Crippen LogP contribution in [0, 0.1) is 0 Å². The van der Waals surface area contributed by atoms with Crippen molar-refractivity contribution in [1.29, 1.82) is 0 Å². The minimum atomic E-state index is -0.804. The van der Waals surface area contributed by atoms with Gasteiger partial charge in [-0.15, -0.1) is 0 Å². The molecule has 80 heavy (non-hydrogen) atoms. The molecular weight excluding hydrogens is 985 g/mol. The summed E-state index contributed by atoms with van der Waals surface area (Å²) in [5.41, 5.74) is 0. The first-order chi connectivity index (χ1) is 39.5. The summed E-state index contributed by atoms with van der Waals surface area (Å²) in [6, 6.07) is 0. The van der Waals surface area contributed by atoms with E-state index in [2.05, 4.69) is 167 Å². The van der Waals surface area contributed by atoms with E-state index in [0.29, 0.717) is 19.3 Å². The Balaban J connectivity index is 4.32. The summed E-state index contributed by atoms with van der Waals surface area (Å²) < 4.78 is 16.9. The van der Waals surface area contributed by atoms with Gasteiger partial charge in [0.2, 0.25) is 0 Å². The molecule has 0 saturated carbocycles. The maximum Gasteiger partial charge on any atom is 0.306 e. The van der Waals surface area contributed by atoms with Crippen LogP contribution in [0.2, 0.25) is 0 Å². The second-order valence-corrected chi connectivity index (χ2v) is 21.3. The van der Waals surface area contributed by atoms with Gasteiger partial charge in [0.25, 0.3) is 0 Å². The van der Waals surface area contributed by atoms with E-state index in [1.54, 1.807) is 0 Å². The Kier molecular flexibility index (Phi) is 62.9. The van der Waals surface area contributed by atoms with Crippen LogP contribution in [0.25, 0.3) is 0 Å². The van der Waals surface area contributed by atoms with Crippen molar-refractivity contribution in [3.63, 3.8) is 0 Å². The van der Waals surface area contributed by atoms with Crippen molar-refractivity contribution in [1.82, 2.24) is 0 Å². The van der Waals surface area contributed by atoms with Crippen LogP contribution in [0.5, 0.6) is 0 Å². The lowest BCUT2D eigenvalue weighted by atomic mass is 10.0. The summed E-state index contributed by atoms with van der Waals surface area (Å²) in [5.74, 6) is -0.936. The maximum atomic E-state index is 12.9. The Labute approximate surface area is 493 Å². The van der Waals surface area contributed by atoms with Crippen LogP contribution in [0.3, 0.4) is 0 Å².